The molecule has 1 aromatic rings. The van der Waals surface area contributed by atoms with Gasteiger partial charge in [-0.15, -0.1) is 0 Å². The average Bonchev–Trinajstić information content (AvgIpc) is 2.26. The molecule has 5 nitrogen and oxygen atoms in total. The number of phenolic OH excluding ortho intramolecular Hbond substituents is 1. The highest BCUT2D eigenvalue weighted by atomic mass is 19.1. The molecule has 18 heavy (non-hydrogen) atoms. The Morgan fingerprint density at radius 1 is 1.39 bits per heavy atom. The van der Waals surface area contributed by atoms with Crippen LogP contribution in [0, 0.1) is 5.82 Å². The highest BCUT2D eigenvalue weighted by Gasteiger charge is 2.25. The summed E-state index contributed by atoms with van der Waals surface area (Å²) in [7, 11) is 0. The molecule has 0 aliphatic carbocycles. The van der Waals surface area contributed by atoms with Gasteiger partial charge in [0, 0.05) is 19.0 Å². The van der Waals surface area contributed by atoms with Crippen LogP contribution in [-0.2, 0) is 16.1 Å². The van der Waals surface area contributed by atoms with Crippen LogP contribution in [0.5, 0.6) is 5.75 Å². The van der Waals surface area contributed by atoms with Crippen molar-refractivity contribution in [3.8, 4) is 5.75 Å². The Labute approximate surface area is 103 Å². The standard InChI is InChI=1S/C12H13FN2O3/c13-8-3-7(4-9(16)5-8)6-14-10-1-2-11(17)15-12(10)18/h3-5,10,14,16H,1-2,6H2,(H,15,17,18). The van der Waals surface area contributed by atoms with Crippen molar-refractivity contribution >= 4 is 11.8 Å². The molecule has 6 heteroatoms. The number of piperidine rings is 1. The fourth-order valence-corrected chi connectivity index (χ4v) is 1.86. The minimum absolute atomic E-state index is 0.157. The lowest BCUT2D eigenvalue weighted by molar-refractivity contribution is -0.134. The van der Waals surface area contributed by atoms with Gasteiger partial charge in [-0.25, -0.2) is 4.39 Å². The lowest BCUT2D eigenvalue weighted by Gasteiger charge is -2.21. The largest absolute Gasteiger partial charge is 0.508 e. The number of halogens is 1. The van der Waals surface area contributed by atoms with E-state index >= 15 is 0 Å². The Morgan fingerprint density at radius 3 is 2.83 bits per heavy atom. The summed E-state index contributed by atoms with van der Waals surface area (Å²) in [5, 5.41) is 14.4. The number of carbonyl (C=O) groups is 2. The van der Waals surface area contributed by atoms with Crippen LogP contribution in [0.2, 0.25) is 0 Å². The summed E-state index contributed by atoms with van der Waals surface area (Å²) in [6.07, 6.45) is 0.712. The average molecular weight is 252 g/mol. The van der Waals surface area contributed by atoms with Crippen molar-refractivity contribution in [1.29, 1.82) is 0 Å². The third kappa shape index (κ3) is 3.04. The molecular formula is C12H13FN2O3. The maximum Gasteiger partial charge on any atom is 0.243 e. The molecule has 2 rings (SSSR count). The van der Waals surface area contributed by atoms with Gasteiger partial charge in [0.05, 0.1) is 6.04 Å². The first kappa shape index (κ1) is 12.5. The summed E-state index contributed by atoms with van der Waals surface area (Å²) < 4.78 is 13.0. The Bertz CT molecular complexity index is 470. The number of imide groups is 1. The first-order valence-electron chi connectivity index (χ1n) is 5.60. The van der Waals surface area contributed by atoms with Crippen molar-refractivity contribution in [3.05, 3.63) is 29.6 Å². The highest BCUT2D eigenvalue weighted by Crippen LogP contribution is 2.15. The number of aromatic hydroxyl groups is 1. The number of nitrogens with one attached hydrogen (secondary N) is 2. The molecular weight excluding hydrogens is 239 g/mol. The molecule has 1 fully saturated rings. The van der Waals surface area contributed by atoms with Crippen molar-refractivity contribution in [2.24, 2.45) is 0 Å². The zero-order valence-corrected chi connectivity index (χ0v) is 9.57. The van der Waals surface area contributed by atoms with Crippen LogP contribution in [0.3, 0.4) is 0 Å². The molecule has 1 saturated heterocycles. The molecule has 0 spiro atoms. The van der Waals surface area contributed by atoms with E-state index in [0.717, 1.165) is 6.07 Å². The number of hydrogen-bond donors (Lipinski definition) is 3. The Hall–Kier alpha value is -1.95. The lowest BCUT2D eigenvalue weighted by atomic mass is 10.1. The van der Waals surface area contributed by atoms with Gasteiger partial charge in [0.15, 0.2) is 0 Å². The van der Waals surface area contributed by atoms with Gasteiger partial charge in [-0.2, -0.15) is 0 Å². The minimum Gasteiger partial charge on any atom is -0.508 e. The van der Waals surface area contributed by atoms with Crippen LogP contribution in [0.4, 0.5) is 4.39 Å². The Kier molecular flexibility index (Phi) is 3.57. The van der Waals surface area contributed by atoms with E-state index < -0.39 is 11.9 Å². The molecule has 1 unspecified atom stereocenters. The summed E-state index contributed by atoms with van der Waals surface area (Å²) in [6, 6.07) is 3.24. The number of rotatable bonds is 3. The van der Waals surface area contributed by atoms with Crippen LogP contribution >= 0.6 is 0 Å². The number of amides is 2. The molecule has 0 aromatic heterocycles. The topological polar surface area (TPSA) is 78.4 Å². The Morgan fingerprint density at radius 2 is 2.17 bits per heavy atom. The second-order valence-corrected chi connectivity index (χ2v) is 4.20. The fourth-order valence-electron chi connectivity index (χ4n) is 1.86. The summed E-state index contributed by atoms with van der Waals surface area (Å²) in [4.78, 5) is 22.4. The third-order valence-electron chi connectivity index (χ3n) is 2.73. The molecule has 1 heterocycles. The van der Waals surface area contributed by atoms with Gasteiger partial charge in [-0.05, 0) is 24.1 Å². The molecule has 1 atom stereocenters. The fraction of sp³-hybridized carbons (Fsp3) is 0.333. The van der Waals surface area contributed by atoms with Crippen molar-refractivity contribution in [1.82, 2.24) is 10.6 Å². The molecule has 0 saturated carbocycles. The first-order chi connectivity index (χ1) is 8.54. The molecule has 1 aliphatic rings. The van der Waals surface area contributed by atoms with Gasteiger partial charge in [-0.3, -0.25) is 14.9 Å². The number of hydrogen-bond acceptors (Lipinski definition) is 4. The molecule has 3 N–H and O–H groups in total. The molecule has 1 aliphatic heterocycles. The summed E-state index contributed by atoms with van der Waals surface area (Å²) in [5.74, 6) is -1.33. The van der Waals surface area contributed by atoms with E-state index in [1.807, 2.05) is 0 Å². The second-order valence-electron chi connectivity index (χ2n) is 4.20. The van der Waals surface area contributed by atoms with Crippen LogP contribution in [-0.4, -0.2) is 23.0 Å². The van der Waals surface area contributed by atoms with E-state index in [-0.39, 0.29) is 30.5 Å². The predicted molar refractivity (Wildman–Crippen MR) is 61.1 cm³/mol. The third-order valence-corrected chi connectivity index (χ3v) is 2.73. The highest BCUT2D eigenvalue weighted by molar-refractivity contribution is 6.00. The zero-order valence-electron chi connectivity index (χ0n) is 9.57. The van der Waals surface area contributed by atoms with Crippen LogP contribution in [0.1, 0.15) is 18.4 Å². The van der Waals surface area contributed by atoms with Crippen molar-refractivity contribution in [3.63, 3.8) is 0 Å². The SMILES string of the molecule is O=C1CCC(NCc2cc(O)cc(F)c2)C(=O)N1. The van der Waals surface area contributed by atoms with Crippen LogP contribution < -0.4 is 10.6 Å². The predicted octanol–water partition coefficient (Wildman–Crippen LogP) is 0.426. The number of carbonyl (C=O) groups excluding carboxylic acids is 2. The molecule has 2 amide bonds. The van der Waals surface area contributed by atoms with Crippen LogP contribution in [0.25, 0.3) is 0 Å². The van der Waals surface area contributed by atoms with E-state index in [0.29, 0.717) is 12.0 Å². The minimum atomic E-state index is -0.532. The van der Waals surface area contributed by atoms with E-state index in [4.69, 9.17) is 0 Å². The molecule has 0 radical (unpaired) electrons. The molecule has 0 bridgehead atoms. The van der Waals surface area contributed by atoms with Gasteiger partial charge in [-0.1, -0.05) is 0 Å². The molecule has 96 valence electrons. The van der Waals surface area contributed by atoms with E-state index in [9.17, 15) is 19.1 Å². The van der Waals surface area contributed by atoms with E-state index in [1.165, 1.54) is 12.1 Å². The van der Waals surface area contributed by atoms with Crippen molar-refractivity contribution in [2.75, 3.05) is 0 Å². The Balaban J connectivity index is 1.95. The monoisotopic (exact) mass is 252 g/mol. The molecule has 1 aromatic carbocycles. The maximum atomic E-state index is 13.0. The number of phenols is 1. The van der Waals surface area contributed by atoms with Crippen LogP contribution in [0.15, 0.2) is 18.2 Å². The van der Waals surface area contributed by atoms with Crippen molar-refractivity contribution < 1.29 is 19.1 Å². The maximum absolute atomic E-state index is 13.0. The van der Waals surface area contributed by atoms with Gasteiger partial charge in [0.25, 0.3) is 0 Å². The summed E-state index contributed by atoms with van der Waals surface area (Å²) >= 11 is 0. The smallest absolute Gasteiger partial charge is 0.243 e. The zero-order chi connectivity index (χ0) is 13.1. The van der Waals surface area contributed by atoms with E-state index in [1.54, 1.807) is 0 Å². The summed E-state index contributed by atoms with van der Waals surface area (Å²) in [6.45, 7) is 0.248. The second kappa shape index (κ2) is 5.14. The quantitative estimate of drug-likeness (QED) is 0.681. The summed E-state index contributed by atoms with van der Waals surface area (Å²) in [5.41, 5.74) is 0.539. The normalized spacial score (nSPS) is 19.7. The van der Waals surface area contributed by atoms with Crippen molar-refractivity contribution in [2.45, 2.75) is 25.4 Å². The first-order valence-corrected chi connectivity index (χ1v) is 5.60. The number of benzene rings is 1. The van der Waals surface area contributed by atoms with Gasteiger partial charge in [0.1, 0.15) is 11.6 Å². The van der Waals surface area contributed by atoms with Gasteiger partial charge >= 0.3 is 0 Å². The van der Waals surface area contributed by atoms with E-state index in [2.05, 4.69) is 10.6 Å². The lowest BCUT2D eigenvalue weighted by Crippen LogP contribution is -2.50. The van der Waals surface area contributed by atoms with Gasteiger partial charge < -0.3 is 10.4 Å². The van der Waals surface area contributed by atoms with Gasteiger partial charge in [0.2, 0.25) is 11.8 Å².